The molecule has 0 spiro atoms. The molecule has 0 fully saturated rings. The van der Waals surface area contributed by atoms with E-state index < -0.39 is 6.04 Å². The van der Waals surface area contributed by atoms with Gasteiger partial charge in [-0.3, -0.25) is 4.79 Å². The number of amides is 1. The van der Waals surface area contributed by atoms with Crippen molar-refractivity contribution in [2.45, 2.75) is 18.9 Å². The largest absolute Gasteiger partial charge is 0.353 e. The Morgan fingerprint density at radius 2 is 2.00 bits per heavy atom. The first-order valence-electron chi connectivity index (χ1n) is 6.31. The molecule has 1 atom stereocenters. The van der Waals surface area contributed by atoms with Gasteiger partial charge in [0.25, 0.3) is 0 Å². The van der Waals surface area contributed by atoms with Gasteiger partial charge in [0.2, 0.25) is 5.91 Å². The number of nitrogens with two attached hydrogens (primary N) is 1. The number of aryl methyl sites for hydroxylation is 1. The summed E-state index contributed by atoms with van der Waals surface area (Å²) < 4.78 is 0. The van der Waals surface area contributed by atoms with Gasteiger partial charge in [0.15, 0.2) is 0 Å². The molecule has 100 valence electrons. The molecule has 4 heteroatoms. The molecule has 3 N–H and O–H groups in total. The molecule has 4 nitrogen and oxygen atoms in total. The highest BCUT2D eigenvalue weighted by Gasteiger charge is 2.12. The molecular formula is C14H23N3O. The molecule has 0 aliphatic rings. The van der Waals surface area contributed by atoms with Gasteiger partial charge in [-0.2, -0.15) is 0 Å². The second kappa shape index (κ2) is 7.84. The van der Waals surface area contributed by atoms with Crippen LogP contribution in [0.15, 0.2) is 30.3 Å². The molecule has 1 unspecified atom stereocenters. The van der Waals surface area contributed by atoms with Gasteiger partial charge >= 0.3 is 0 Å². The van der Waals surface area contributed by atoms with E-state index in [1.165, 1.54) is 5.56 Å². The minimum Gasteiger partial charge on any atom is -0.353 e. The van der Waals surface area contributed by atoms with Crippen molar-refractivity contribution in [1.82, 2.24) is 10.2 Å². The molecule has 0 radical (unpaired) electrons. The van der Waals surface area contributed by atoms with Crippen molar-refractivity contribution in [1.29, 1.82) is 0 Å². The Balaban J connectivity index is 2.23. The highest BCUT2D eigenvalue weighted by Crippen LogP contribution is 2.03. The Morgan fingerprint density at radius 3 is 2.61 bits per heavy atom. The molecule has 1 rings (SSSR count). The van der Waals surface area contributed by atoms with Gasteiger partial charge in [-0.15, -0.1) is 0 Å². The van der Waals surface area contributed by atoms with Gasteiger partial charge in [0.05, 0.1) is 6.04 Å². The number of likely N-dealkylation sites (N-methyl/N-ethyl adjacent to an activating group) is 1. The molecule has 0 bridgehead atoms. The molecular weight excluding hydrogens is 226 g/mol. The molecule has 0 aromatic heterocycles. The Hall–Kier alpha value is -1.39. The lowest BCUT2D eigenvalue weighted by atomic mass is 10.1. The van der Waals surface area contributed by atoms with Crippen LogP contribution in [0, 0.1) is 0 Å². The molecule has 1 aromatic rings. The number of rotatable bonds is 7. The fraction of sp³-hybridized carbons (Fsp3) is 0.500. The highest BCUT2D eigenvalue weighted by atomic mass is 16.2. The van der Waals surface area contributed by atoms with E-state index in [1.54, 1.807) is 0 Å². The Labute approximate surface area is 109 Å². The maximum absolute atomic E-state index is 11.7. The number of hydrogen-bond acceptors (Lipinski definition) is 3. The Kier molecular flexibility index (Phi) is 6.39. The van der Waals surface area contributed by atoms with E-state index in [-0.39, 0.29) is 5.91 Å². The molecule has 1 aromatic carbocycles. The molecule has 1 amide bonds. The molecule has 18 heavy (non-hydrogen) atoms. The average Bonchev–Trinajstić information content (AvgIpc) is 2.36. The van der Waals surface area contributed by atoms with Gasteiger partial charge < -0.3 is 16.0 Å². The van der Waals surface area contributed by atoms with E-state index >= 15 is 0 Å². The first-order valence-corrected chi connectivity index (χ1v) is 6.31. The lowest BCUT2D eigenvalue weighted by molar-refractivity contribution is -0.122. The third-order valence-electron chi connectivity index (χ3n) is 2.78. The highest BCUT2D eigenvalue weighted by molar-refractivity contribution is 5.81. The van der Waals surface area contributed by atoms with Crippen LogP contribution in [0.1, 0.15) is 12.0 Å². The standard InChI is InChI=1S/C14H23N3O/c1-17(2)11-10-16-14(18)13(15)9-8-12-6-4-3-5-7-12/h3-7,13H,8-11,15H2,1-2H3,(H,16,18). The third kappa shape index (κ3) is 5.80. The predicted molar refractivity (Wildman–Crippen MR) is 74.3 cm³/mol. The number of benzene rings is 1. The van der Waals surface area contributed by atoms with Gasteiger partial charge in [-0.1, -0.05) is 30.3 Å². The van der Waals surface area contributed by atoms with Gasteiger partial charge in [0, 0.05) is 13.1 Å². The molecule has 0 heterocycles. The first-order chi connectivity index (χ1) is 8.59. The van der Waals surface area contributed by atoms with Gasteiger partial charge in [-0.25, -0.2) is 0 Å². The van der Waals surface area contributed by atoms with Gasteiger partial charge in [0.1, 0.15) is 0 Å². The van der Waals surface area contributed by atoms with E-state index in [9.17, 15) is 4.79 Å². The summed E-state index contributed by atoms with van der Waals surface area (Å²) in [6.07, 6.45) is 1.51. The van der Waals surface area contributed by atoms with Crippen molar-refractivity contribution < 1.29 is 4.79 Å². The molecule has 0 saturated carbocycles. The van der Waals surface area contributed by atoms with Crippen molar-refractivity contribution >= 4 is 5.91 Å². The predicted octanol–water partition coefficient (Wildman–Crippen LogP) is 0.624. The number of carbonyl (C=O) groups is 1. The minimum atomic E-state index is -0.424. The Bertz CT molecular complexity index is 351. The maximum Gasteiger partial charge on any atom is 0.236 e. The molecule has 0 saturated heterocycles. The van der Waals surface area contributed by atoms with E-state index in [0.29, 0.717) is 13.0 Å². The number of carbonyl (C=O) groups excluding carboxylic acids is 1. The average molecular weight is 249 g/mol. The summed E-state index contributed by atoms with van der Waals surface area (Å²) in [5.41, 5.74) is 7.07. The van der Waals surface area contributed by atoms with Crippen LogP contribution in [0.4, 0.5) is 0 Å². The summed E-state index contributed by atoms with van der Waals surface area (Å²) in [5.74, 6) is -0.0622. The first kappa shape index (κ1) is 14.7. The molecule has 0 aliphatic heterocycles. The van der Waals surface area contributed by atoms with Crippen LogP contribution in [0.25, 0.3) is 0 Å². The number of hydrogen-bond donors (Lipinski definition) is 2. The topological polar surface area (TPSA) is 58.4 Å². The van der Waals surface area contributed by atoms with Crippen molar-refractivity contribution in [3.63, 3.8) is 0 Å². The zero-order chi connectivity index (χ0) is 13.4. The summed E-state index contributed by atoms with van der Waals surface area (Å²) in [6.45, 7) is 1.47. The fourth-order valence-electron chi connectivity index (χ4n) is 1.63. The van der Waals surface area contributed by atoms with Crippen LogP contribution in [0.2, 0.25) is 0 Å². The fourth-order valence-corrected chi connectivity index (χ4v) is 1.63. The van der Waals surface area contributed by atoms with Gasteiger partial charge in [-0.05, 0) is 32.5 Å². The Morgan fingerprint density at radius 1 is 1.33 bits per heavy atom. The summed E-state index contributed by atoms with van der Waals surface area (Å²) in [5, 5.41) is 2.84. The lowest BCUT2D eigenvalue weighted by Crippen LogP contribution is -2.43. The summed E-state index contributed by atoms with van der Waals surface area (Å²) >= 11 is 0. The van der Waals surface area contributed by atoms with E-state index in [0.717, 1.165) is 13.0 Å². The van der Waals surface area contributed by atoms with Crippen LogP contribution < -0.4 is 11.1 Å². The van der Waals surface area contributed by atoms with Crippen molar-refractivity contribution in [3.8, 4) is 0 Å². The van der Waals surface area contributed by atoms with E-state index in [1.807, 2.05) is 37.2 Å². The lowest BCUT2D eigenvalue weighted by Gasteiger charge is -2.14. The van der Waals surface area contributed by atoms with Crippen LogP contribution in [-0.4, -0.2) is 44.0 Å². The van der Waals surface area contributed by atoms with Crippen LogP contribution in [0.5, 0.6) is 0 Å². The minimum absolute atomic E-state index is 0.0622. The quantitative estimate of drug-likeness (QED) is 0.745. The smallest absolute Gasteiger partial charge is 0.236 e. The normalized spacial score (nSPS) is 12.4. The molecule has 0 aliphatic carbocycles. The number of nitrogens with one attached hydrogen (secondary N) is 1. The van der Waals surface area contributed by atoms with E-state index in [2.05, 4.69) is 17.4 Å². The SMILES string of the molecule is CN(C)CCNC(=O)C(N)CCc1ccccc1. The van der Waals surface area contributed by atoms with Crippen molar-refractivity contribution in [2.75, 3.05) is 27.2 Å². The third-order valence-corrected chi connectivity index (χ3v) is 2.78. The zero-order valence-corrected chi connectivity index (χ0v) is 11.2. The second-order valence-corrected chi connectivity index (χ2v) is 4.73. The van der Waals surface area contributed by atoms with Crippen LogP contribution in [0.3, 0.4) is 0 Å². The number of nitrogens with zero attached hydrogens (tertiary/aromatic N) is 1. The summed E-state index contributed by atoms with van der Waals surface area (Å²) in [7, 11) is 3.95. The van der Waals surface area contributed by atoms with Crippen LogP contribution >= 0.6 is 0 Å². The van der Waals surface area contributed by atoms with Crippen LogP contribution in [-0.2, 0) is 11.2 Å². The zero-order valence-electron chi connectivity index (χ0n) is 11.2. The van der Waals surface area contributed by atoms with Crippen molar-refractivity contribution in [2.24, 2.45) is 5.73 Å². The van der Waals surface area contributed by atoms with Crippen molar-refractivity contribution in [3.05, 3.63) is 35.9 Å². The maximum atomic E-state index is 11.7. The second-order valence-electron chi connectivity index (χ2n) is 4.73. The summed E-state index contributed by atoms with van der Waals surface area (Å²) in [6, 6.07) is 9.66. The summed E-state index contributed by atoms with van der Waals surface area (Å²) in [4.78, 5) is 13.7. The van der Waals surface area contributed by atoms with E-state index in [4.69, 9.17) is 5.73 Å². The monoisotopic (exact) mass is 249 g/mol.